The van der Waals surface area contributed by atoms with Gasteiger partial charge in [0.15, 0.2) is 0 Å². The standard InChI is InChI=1S/C19H17F2N3O4/c1-10(2)24(28)19(27)12-9-23(8-11-13(20)4-3-5-14(11)21)15-6-7-16(25)22-17(15)18(12)26/h3-7,9-10,28H,8H2,1-2H3,(H,22,25). The molecule has 146 valence electrons. The molecule has 0 saturated heterocycles. The summed E-state index contributed by atoms with van der Waals surface area (Å²) in [5.41, 5.74) is -2.13. The Morgan fingerprint density at radius 2 is 1.82 bits per heavy atom. The molecule has 3 rings (SSSR count). The largest absolute Gasteiger partial charge is 0.341 e. The van der Waals surface area contributed by atoms with Crippen molar-refractivity contribution in [2.75, 3.05) is 0 Å². The predicted octanol–water partition coefficient (Wildman–Crippen LogP) is 2.26. The number of halogens is 2. The van der Waals surface area contributed by atoms with Crippen LogP contribution in [0.15, 0.2) is 46.1 Å². The molecule has 0 aliphatic carbocycles. The summed E-state index contributed by atoms with van der Waals surface area (Å²) < 4.78 is 29.4. The number of hydrogen-bond donors (Lipinski definition) is 2. The van der Waals surface area contributed by atoms with Gasteiger partial charge in [0.1, 0.15) is 22.7 Å². The van der Waals surface area contributed by atoms with Crippen molar-refractivity contribution < 1.29 is 18.8 Å². The minimum Gasteiger partial charge on any atom is -0.341 e. The van der Waals surface area contributed by atoms with Crippen LogP contribution in [-0.4, -0.2) is 31.8 Å². The van der Waals surface area contributed by atoms with Crippen molar-refractivity contribution in [2.24, 2.45) is 0 Å². The van der Waals surface area contributed by atoms with Gasteiger partial charge in [-0.25, -0.2) is 13.8 Å². The maximum atomic E-state index is 14.1. The van der Waals surface area contributed by atoms with Crippen molar-refractivity contribution in [1.82, 2.24) is 14.6 Å². The summed E-state index contributed by atoms with van der Waals surface area (Å²) in [6.45, 7) is 2.73. The van der Waals surface area contributed by atoms with E-state index in [1.807, 2.05) is 0 Å². The fraction of sp³-hybridized carbons (Fsp3) is 0.211. The minimum absolute atomic E-state index is 0.179. The summed E-state index contributed by atoms with van der Waals surface area (Å²) in [6, 6.07) is 5.26. The molecule has 2 aromatic heterocycles. The molecule has 7 nitrogen and oxygen atoms in total. The van der Waals surface area contributed by atoms with Gasteiger partial charge >= 0.3 is 0 Å². The Labute approximate surface area is 157 Å². The zero-order valence-electron chi connectivity index (χ0n) is 15.1. The van der Waals surface area contributed by atoms with Crippen molar-refractivity contribution in [2.45, 2.75) is 26.4 Å². The summed E-state index contributed by atoms with van der Waals surface area (Å²) in [5, 5.41) is 10.3. The van der Waals surface area contributed by atoms with Crippen LogP contribution in [0.4, 0.5) is 8.78 Å². The zero-order chi connectivity index (χ0) is 20.6. The number of rotatable bonds is 4. The normalized spacial score (nSPS) is 11.2. The van der Waals surface area contributed by atoms with Gasteiger partial charge in [-0.15, -0.1) is 0 Å². The van der Waals surface area contributed by atoms with Gasteiger partial charge in [0.25, 0.3) is 5.91 Å². The first-order valence-corrected chi connectivity index (χ1v) is 8.42. The summed E-state index contributed by atoms with van der Waals surface area (Å²) in [6.07, 6.45) is 1.11. The van der Waals surface area contributed by atoms with E-state index in [1.165, 1.54) is 30.5 Å². The monoisotopic (exact) mass is 389 g/mol. The molecular formula is C19H17F2N3O4. The van der Waals surface area contributed by atoms with Gasteiger partial charge in [0.2, 0.25) is 11.0 Å². The third kappa shape index (κ3) is 3.44. The molecule has 1 amide bonds. The number of aromatic nitrogens is 2. The van der Waals surface area contributed by atoms with Crippen LogP contribution < -0.4 is 11.0 Å². The fourth-order valence-corrected chi connectivity index (χ4v) is 2.79. The molecule has 0 unspecified atom stereocenters. The van der Waals surface area contributed by atoms with Crippen LogP contribution in [0.2, 0.25) is 0 Å². The summed E-state index contributed by atoms with van der Waals surface area (Å²) in [5.74, 6) is -2.58. The number of fused-ring (bicyclic) bond motifs is 1. The van der Waals surface area contributed by atoms with Crippen LogP contribution in [0.1, 0.15) is 29.8 Å². The highest BCUT2D eigenvalue weighted by molar-refractivity contribution is 5.96. The van der Waals surface area contributed by atoms with Crippen LogP contribution in [-0.2, 0) is 6.54 Å². The van der Waals surface area contributed by atoms with Gasteiger partial charge in [0.05, 0.1) is 18.1 Å². The number of carbonyl (C=O) groups is 1. The first kappa shape index (κ1) is 19.4. The molecule has 0 aliphatic rings. The number of carbonyl (C=O) groups excluding carboxylic acids is 1. The molecule has 0 atom stereocenters. The zero-order valence-corrected chi connectivity index (χ0v) is 15.1. The highest BCUT2D eigenvalue weighted by atomic mass is 19.1. The third-order valence-electron chi connectivity index (χ3n) is 4.28. The van der Waals surface area contributed by atoms with Crippen molar-refractivity contribution in [1.29, 1.82) is 0 Å². The van der Waals surface area contributed by atoms with E-state index in [2.05, 4.69) is 4.98 Å². The van der Waals surface area contributed by atoms with E-state index in [0.717, 1.165) is 24.4 Å². The van der Waals surface area contributed by atoms with E-state index in [9.17, 15) is 28.4 Å². The lowest BCUT2D eigenvalue weighted by atomic mass is 10.1. The van der Waals surface area contributed by atoms with E-state index >= 15 is 0 Å². The lowest BCUT2D eigenvalue weighted by molar-refractivity contribution is -0.0795. The van der Waals surface area contributed by atoms with E-state index < -0.39 is 40.1 Å². The van der Waals surface area contributed by atoms with E-state index in [4.69, 9.17) is 0 Å². The van der Waals surface area contributed by atoms with Crippen LogP contribution in [0.25, 0.3) is 11.0 Å². The number of H-pyrrole nitrogens is 1. The number of hydroxylamine groups is 2. The molecule has 0 saturated carbocycles. The molecule has 9 heteroatoms. The number of nitrogens with zero attached hydrogens (tertiary/aromatic N) is 2. The number of benzene rings is 1. The number of nitrogens with one attached hydrogen (secondary N) is 1. The van der Waals surface area contributed by atoms with Crippen molar-refractivity contribution in [3.05, 3.63) is 79.9 Å². The van der Waals surface area contributed by atoms with E-state index in [-0.39, 0.29) is 23.1 Å². The van der Waals surface area contributed by atoms with Crippen molar-refractivity contribution >= 4 is 16.9 Å². The van der Waals surface area contributed by atoms with Crippen molar-refractivity contribution in [3.8, 4) is 0 Å². The topological polar surface area (TPSA) is 95.4 Å². The SMILES string of the molecule is CC(C)N(O)C(=O)c1cn(Cc2c(F)cccc2F)c2ccc(=O)[nH]c2c1=O. The van der Waals surface area contributed by atoms with Gasteiger partial charge in [0, 0.05) is 17.8 Å². The van der Waals surface area contributed by atoms with E-state index in [0.29, 0.717) is 5.06 Å². The van der Waals surface area contributed by atoms with Gasteiger partial charge < -0.3 is 9.55 Å². The highest BCUT2D eigenvalue weighted by Gasteiger charge is 2.23. The first-order chi connectivity index (χ1) is 13.2. The Hall–Kier alpha value is -3.33. The molecule has 2 heterocycles. The quantitative estimate of drug-likeness (QED) is 0.529. The van der Waals surface area contributed by atoms with Gasteiger partial charge in [-0.05, 0) is 32.0 Å². The maximum Gasteiger partial charge on any atom is 0.283 e. The molecule has 0 fully saturated rings. The molecule has 3 aromatic rings. The number of aromatic amines is 1. The minimum atomic E-state index is -0.991. The lowest BCUT2D eigenvalue weighted by Crippen LogP contribution is -2.37. The van der Waals surface area contributed by atoms with Gasteiger partial charge in [-0.3, -0.25) is 19.6 Å². The second kappa shape index (κ2) is 7.35. The Kier molecular flexibility index (Phi) is 5.10. The molecule has 0 aliphatic heterocycles. The van der Waals surface area contributed by atoms with E-state index in [1.54, 1.807) is 0 Å². The molecule has 2 N–H and O–H groups in total. The Bertz CT molecular complexity index is 1160. The summed E-state index contributed by atoms with van der Waals surface area (Å²) in [4.78, 5) is 39.2. The van der Waals surface area contributed by atoms with Crippen LogP contribution in [0.5, 0.6) is 0 Å². The molecule has 28 heavy (non-hydrogen) atoms. The molecule has 0 bridgehead atoms. The Morgan fingerprint density at radius 3 is 2.43 bits per heavy atom. The third-order valence-corrected chi connectivity index (χ3v) is 4.28. The smallest absolute Gasteiger partial charge is 0.283 e. The summed E-state index contributed by atoms with van der Waals surface area (Å²) in [7, 11) is 0. The molecule has 0 spiro atoms. The van der Waals surface area contributed by atoms with Crippen LogP contribution in [0.3, 0.4) is 0 Å². The predicted molar refractivity (Wildman–Crippen MR) is 97.4 cm³/mol. The Balaban J connectivity index is 2.27. The number of pyridine rings is 2. The molecule has 1 aromatic carbocycles. The second-order valence-corrected chi connectivity index (χ2v) is 6.53. The number of amides is 1. The first-order valence-electron chi connectivity index (χ1n) is 8.42. The van der Waals surface area contributed by atoms with Gasteiger partial charge in [-0.2, -0.15) is 0 Å². The fourth-order valence-electron chi connectivity index (χ4n) is 2.79. The van der Waals surface area contributed by atoms with Gasteiger partial charge in [-0.1, -0.05) is 6.07 Å². The lowest BCUT2D eigenvalue weighted by Gasteiger charge is -2.20. The van der Waals surface area contributed by atoms with Crippen molar-refractivity contribution in [3.63, 3.8) is 0 Å². The average Bonchev–Trinajstić information content (AvgIpc) is 2.65. The van der Waals surface area contributed by atoms with Crippen LogP contribution >= 0.6 is 0 Å². The van der Waals surface area contributed by atoms with Crippen LogP contribution in [0, 0.1) is 11.6 Å². The average molecular weight is 389 g/mol. The number of hydrogen-bond acceptors (Lipinski definition) is 4. The second-order valence-electron chi connectivity index (χ2n) is 6.53. The Morgan fingerprint density at radius 1 is 1.18 bits per heavy atom. The highest BCUT2D eigenvalue weighted by Crippen LogP contribution is 2.17. The maximum absolute atomic E-state index is 14.1. The summed E-state index contributed by atoms with van der Waals surface area (Å²) >= 11 is 0. The molecule has 0 radical (unpaired) electrons. The molecular weight excluding hydrogens is 372 g/mol.